The Hall–Kier alpha value is -1.57. The van der Waals surface area contributed by atoms with Gasteiger partial charge in [-0.15, -0.1) is 11.3 Å². The van der Waals surface area contributed by atoms with Gasteiger partial charge in [-0.25, -0.2) is 8.42 Å². The summed E-state index contributed by atoms with van der Waals surface area (Å²) in [6, 6.07) is 6.94. The van der Waals surface area contributed by atoms with E-state index in [0.717, 1.165) is 16.0 Å². The molecule has 0 spiro atoms. The Morgan fingerprint density at radius 3 is 2.64 bits per heavy atom. The van der Waals surface area contributed by atoms with Crippen LogP contribution in [0.1, 0.15) is 29.3 Å². The minimum Gasteiger partial charge on any atom is -0.481 e. The fourth-order valence-electron chi connectivity index (χ4n) is 3.31. The number of amides is 1. The second kappa shape index (κ2) is 8.43. The van der Waals surface area contributed by atoms with E-state index in [1.165, 1.54) is 0 Å². The third kappa shape index (κ3) is 4.88. The molecule has 2 heterocycles. The molecule has 5 nitrogen and oxygen atoms in total. The zero-order chi connectivity index (χ0) is 20.5. The fourth-order valence-corrected chi connectivity index (χ4v) is 6.06. The number of hydrogen-bond acceptors (Lipinski definition) is 5. The summed E-state index contributed by atoms with van der Waals surface area (Å²) in [7, 11) is -3.10. The van der Waals surface area contributed by atoms with Crippen molar-refractivity contribution in [1.29, 1.82) is 0 Å². The summed E-state index contributed by atoms with van der Waals surface area (Å²) in [6.45, 7) is 5.97. The molecule has 0 radical (unpaired) electrons. The van der Waals surface area contributed by atoms with Gasteiger partial charge < -0.3 is 9.64 Å². The van der Waals surface area contributed by atoms with Crippen molar-refractivity contribution in [2.45, 2.75) is 45.9 Å². The maximum absolute atomic E-state index is 13.2. The zero-order valence-corrected chi connectivity index (χ0v) is 18.5. The molecule has 1 amide bonds. The molecule has 3 rings (SSSR count). The van der Waals surface area contributed by atoms with Crippen LogP contribution in [0.4, 0.5) is 0 Å². The van der Waals surface area contributed by atoms with Gasteiger partial charge in [-0.1, -0.05) is 11.6 Å². The number of aryl methyl sites for hydroxylation is 2. The summed E-state index contributed by atoms with van der Waals surface area (Å²) in [5.74, 6) is 0.489. The molecule has 8 heteroatoms. The molecule has 1 aliphatic rings. The van der Waals surface area contributed by atoms with E-state index < -0.39 is 15.9 Å². The lowest BCUT2D eigenvalue weighted by molar-refractivity contribution is -0.140. The largest absolute Gasteiger partial charge is 0.481 e. The Morgan fingerprint density at radius 2 is 2.07 bits per heavy atom. The van der Waals surface area contributed by atoms with Crippen molar-refractivity contribution in [3.63, 3.8) is 0 Å². The average Bonchev–Trinajstić information content (AvgIpc) is 3.20. The van der Waals surface area contributed by atoms with Crippen LogP contribution in [0.3, 0.4) is 0 Å². The van der Waals surface area contributed by atoms with Gasteiger partial charge in [-0.05, 0) is 68.0 Å². The van der Waals surface area contributed by atoms with Crippen molar-refractivity contribution >= 4 is 38.7 Å². The summed E-state index contributed by atoms with van der Waals surface area (Å²) < 4.78 is 29.8. The third-order valence-electron chi connectivity index (χ3n) is 5.00. The van der Waals surface area contributed by atoms with Crippen LogP contribution in [-0.2, 0) is 21.2 Å². The van der Waals surface area contributed by atoms with Crippen molar-refractivity contribution in [2.24, 2.45) is 0 Å². The Morgan fingerprint density at radius 1 is 1.32 bits per heavy atom. The number of carbonyl (C=O) groups excluding carboxylic acids is 1. The van der Waals surface area contributed by atoms with Crippen molar-refractivity contribution in [3.05, 3.63) is 50.7 Å². The average molecular weight is 442 g/mol. The van der Waals surface area contributed by atoms with Crippen LogP contribution < -0.4 is 4.74 Å². The molecule has 152 valence electrons. The Bertz CT molecular complexity index is 970. The van der Waals surface area contributed by atoms with Gasteiger partial charge >= 0.3 is 0 Å². The molecule has 2 aromatic rings. The number of carbonyl (C=O) groups is 1. The van der Waals surface area contributed by atoms with Crippen LogP contribution in [0.25, 0.3) is 0 Å². The monoisotopic (exact) mass is 441 g/mol. The smallest absolute Gasteiger partial charge is 0.263 e. The van der Waals surface area contributed by atoms with Gasteiger partial charge in [0.15, 0.2) is 15.9 Å². The van der Waals surface area contributed by atoms with Crippen molar-refractivity contribution in [3.8, 4) is 5.75 Å². The molecule has 28 heavy (non-hydrogen) atoms. The Labute approximate surface area is 175 Å². The van der Waals surface area contributed by atoms with Crippen molar-refractivity contribution in [2.75, 3.05) is 11.5 Å². The van der Waals surface area contributed by atoms with Crippen LogP contribution in [0, 0.1) is 13.8 Å². The van der Waals surface area contributed by atoms with E-state index in [1.807, 2.05) is 25.3 Å². The van der Waals surface area contributed by atoms with Crippen LogP contribution in [0.5, 0.6) is 5.75 Å². The quantitative estimate of drug-likeness (QED) is 0.679. The molecule has 2 unspecified atom stereocenters. The number of sulfone groups is 1. The highest BCUT2D eigenvalue weighted by molar-refractivity contribution is 7.91. The van der Waals surface area contributed by atoms with Gasteiger partial charge in [-0.2, -0.15) is 0 Å². The van der Waals surface area contributed by atoms with Crippen LogP contribution >= 0.6 is 22.9 Å². The van der Waals surface area contributed by atoms with Gasteiger partial charge in [0, 0.05) is 15.9 Å². The first kappa shape index (κ1) is 21.1. The normalized spacial score (nSPS) is 19.4. The SMILES string of the molecule is Cc1cc(OC(C)C(=O)N(Cc2sccc2C)C2CCS(=O)(=O)C2)ccc1Cl. The van der Waals surface area contributed by atoms with E-state index in [9.17, 15) is 13.2 Å². The fraction of sp³-hybridized carbons (Fsp3) is 0.450. The van der Waals surface area contributed by atoms with E-state index in [1.54, 1.807) is 41.4 Å². The molecule has 1 aromatic carbocycles. The van der Waals surface area contributed by atoms with Gasteiger partial charge in [0.1, 0.15) is 5.75 Å². The Kier molecular flexibility index (Phi) is 6.37. The minimum atomic E-state index is -3.10. The first-order chi connectivity index (χ1) is 13.2. The lowest BCUT2D eigenvalue weighted by atomic mass is 10.1. The molecular weight excluding hydrogens is 418 g/mol. The number of halogens is 1. The van der Waals surface area contributed by atoms with Crippen LogP contribution in [0.15, 0.2) is 29.6 Å². The predicted molar refractivity (Wildman–Crippen MR) is 113 cm³/mol. The molecule has 0 N–H and O–H groups in total. The number of benzene rings is 1. The molecule has 2 atom stereocenters. The molecule has 0 aliphatic carbocycles. The minimum absolute atomic E-state index is 0.00986. The molecule has 1 aromatic heterocycles. The molecular formula is C20H24ClNO4S2. The summed E-state index contributed by atoms with van der Waals surface area (Å²) in [4.78, 5) is 16.0. The van der Waals surface area contributed by atoms with Gasteiger partial charge in [0.25, 0.3) is 5.91 Å². The van der Waals surface area contributed by atoms with Gasteiger partial charge in [-0.3, -0.25) is 4.79 Å². The maximum atomic E-state index is 13.2. The number of rotatable bonds is 6. The highest BCUT2D eigenvalue weighted by Gasteiger charge is 2.37. The van der Waals surface area contributed by atoms with E-state index in [-0.39, 0.29) is 23.5 Å². The zero-order valence-electron chi connectivity index (χ0n) is 16.1. The maximum Gasteiger partial charge on any atom is 0.263 e. The van der Waals surface area contributed by atoms with Gasteiger partial charge in [0.2, 0.25) is 0 Å². The highest BCUT2D eigenvalue weighted by atomic mass is 35.5. The lowest BCUT2D eigenvalue weighted by Crippen LogP contribution is -2.46. The Balaban J connectivity index is 1.80. The van der Waals surface area contributed by atoms with Crippen LogP contribution in [-0.4, -0.2) is 42.9 Å². The van der Waals surface area contributed by atoms with E-state index >= 15 is 0 Å². The second-order valence-corrected chi connectivity index (χ2v) is 10.9. The molecule has 1 saturated heterocycles. The topological polar surface area (TPSA) is 63.7 Å². The standard InChI is InChI=1S/C20H24ClNO4S2/c1-13-6-8-27-19(13)11-22(16-7-9-28(24,25)12-16)20(23)15(3)26-17-4-5-18(21)14(2)10-17/h4-6,8,10,15-16H,7,9,11-12H2,1-3H3. The summed E-state index contributed by atoms with van der Waals surface area (Å²) in [5.41, 5.74) is 1.97. The number of ether oxygens (including phenoxy) is 1. The summed E-state index contributed by atoms with van der Waals surface area (Å²) >= 11 is 7.63. The highest BCUT2D eigenvalue weighted by Crippen LogP contribution is 2.26. The first-order valence-corrected chi connectivity index (χ1v) is 12.2. The second-order valence-electron chi connectivity index (χ2n) is 7.22. The van der Waals surface area contributed by atoms with Crippen molar-refractivity contribution in [1.82, 2.24) is 4.90 Å². The number of hydrogen-bond donors (Lipinski definition) is 0. The van der Waals surface area contributed by atoms with E-state index in [2.05, 4.69) is 0 Å². The van der Waals surface area contributed by atoms with Crippen LogP contribution in [0.2, 0.25) is 5.02 Å². The lowest BCUT2D eigenvalue weighted by Gasteiger charge is -2.30. The van der Waals surface area contributed by atoms with E-state index in [4.69, 9.17) is 16.3 Å². The third-order valence-corrected chi connectivity index (χ3v) is 8.19. The van der Waals surface area contributed by atoms with Crippen molar-refractivity contribution < 1.29 is 17.9 Å². The van der Waals surface area contributed by atoms with E-state index in [0.29, 0.717) is 23.7 Å². The molecule has 1 aliphatic heterocycles. The number of nitrogens with zero attached hydrogens (tertiary/aromatic N) is 1. The molecule has 0 saturated carbocycles. The predicted octanol–water partition coefficient (Wildman–Crippen LogP) is 4.00. The molecule has 0 bridgehead atoms. The summed E-state index contributed by atoms with van der Waals surface area (Å²) in [6.07, 6.45) is -0.269. The summed E-state index contributed by atoms with van der Waals surface area (Å²) in [5, 5.41) is 2.62. The van der Waals surface area contributed by atoms with Gasteiger partial charge in [0.05, 0.1) is 18.1 Å². The number of thiophene rings is 1. The molecule has 1 fully saturated rings. The first-order valence-electron chi connectivity index (χ1n) is 9.13.